The molecule has 1 atom stereocenters. The minimum absolute atomic E-state index is 0.0164. The largest absolute Gasteiger partial charge is 0.488 e. The molecule has 0 amide bonds. The molecule has 4 rings (SSSR count). The zero-order chi connectivity index (χ0) is 23.6. The van der Waals surface area contributed by atoms with Crippen molar-refractivity contribution in [3.8, 4) is 16.3 Å². The summed E-state index contributed by atoms with van der Waals surface area (Å²) in [5.41, 5.74) is 2.91. The van der Waals surface area contributed by atoms with Crippen LogP contribution in [0.5, 0.6) is 5.75 Å². The van der Waals surface area contributed by atoms with Gasteiger partial charge in [0.1, 0.15) is 17.4 Å². The van der Waals surface area contributed by atoms with Crippen molar-refractivity contribution < 1.29 is 27.8 Å². The maximum absolute atomic E-state index is 12.8. The molecular weight excluding hydrogens is 451 g/mol. The van der Waals surface area contributed by atoms with Gasteiger partial charge >= 0.3 is 12.1 Å². The highest BCUT2D eigenvalue weighted by molar-refractivity contribution is 7.15. The van der Waals surface area contributed by atoms with Crippen LogP contribution >= 0.6 is 11.3 Å². The van der Waals surface area contributed by atoms with Gasteiger partial charge in [-0.3, -0.25) is 4.79 Å². The van der Waals surface area contributed by atoms with E-state index in [1.54, 1.807) is 0 Å². The fourth-order valence-electron chi connectivity index (χ4n) is 3.76. The Morgan fingerprint density at radius 2 is 1.97 bits per heavy atom. The smallest absolute Gasteiger partial charge is 0.416 e. The van der Waals surface area contributed by atoms with Gasteiger partial charge in [-0.25, -0.2) is 4.98 Å². The Balaban J connectivity index is 1.43. The molecule has 172 valence electrons. The van der Waals surface area contributed by atoms with Crippen molar-refractivity contribution in [3.05, 3.63) is 75.8 Å². The van der Waals surface area contributed by atoms with E-state index >= 15 is 0 Å². The van der Waals surface area contributed by atoms with Gasteiger partial charge in [-0.2, -0.15) is 13.2 Å². The van der Waals surface area contributed by atoms with E-state index < -0.39 is 17.7 Å². The highest BCUT2D eigenvalue weighted by Crippen LogP contribution is 2.34. The number of aryl methyl sites for hydroxylation is 2. The summed E-state index contributed by atoms with van der Waals surface area (Å²) in [6.07, 6.45) is 1.24. The van der Waals surface area contributed by atoms with Gasteiger partial charge in [0.05, 0.1) is 22.6 Å². The molecule has 0 spiro atoms. The quantitative estimate of drug-likeness (QED) is 0.429. The van der Waals surface area contributed by atoms with E-state index in [0.29, 0.717) is 22.9 Å². The lowest BCUT2D eigenvalue weighted by atomic mass is 9.98. The average molecular weight is 474 g/mol. The number of ether oxygens (including phenoxy) is 1. The fraction of sp³-hybridized carbons (Fsp3) is 0.280. The van der Waals surface area contributed by atoms with Crippen molar-refractivity contribution >= 4 is 23.4 Å². The average Bonchev–Trinajstić information content (AvgIpc) is 3.02. The summed E-state index contributed by atoms with van der Waals surface area (Å²) in [6.45, 7) is 2.16. The van der Waals surface area contributed by atoms with E-state index in [-0.39, 0.29) is 12.3 Å². The highest BCUT2D eigenvalue weighted by atomic mass is 32.1. The molecule has 0 saturated carbocycles. The van der Waals surface area contributed by atoms with Gasteiger partial charge in [0.15, 0.2) is 0 Å². The molecule has 0 fully saturated rings. The first kappa shape index (κ1) is 23.0. The molecule has 1 heterocycles. The van der Waals surface area contributed by atoms with Crippen LogP contribution in [0.3, 0.4) is 0 Å². The lowest BCUT2D eigenvalue weighted by molar-refractivity contribution is -0.138. The monoisotopic (exact) mass is 473 g/mol. The van der Waals surface area contributed by atoms with Gasteiger partial charge in [-0.05, 0) is 61.1 Å². The number of benzene rings is 2. The van der Waals surface area contributed by atoms with E-state index in [0.717, 1.165) is 46.7 Å². The molecule has 0 radical (unpaired) electrons. The summed E-state index contributed by atoms with van der Waals surface area (Å²) in [5.74, 6) is -0.0688. The summed E-state index contributed by atoms with van der Waals surface area (Å²) in [7, 11) is 0. The molecule has 8 heteroatoms. The van der Waals surface area contributed by atoms with Gasteiger partial charge < -0.3 is 9.84 Å². The van der Waals surface area contributed by atoms with Crippen molar-refractivity contribution in [1.82, 2.24) is 4.98 Å². The number of halogens is 3. The molecule has 3 aromatic rings. The predicted octanol–water partition coefficient (Wildman–Crippen LogP) is 6.77. The zero-order valence-electron chi connectivity index (χ0n) is 17.9. The standard InChI is InChI=1S/C25H22F3NO3S/c1-15-22(33-24(29-15)18-6-9-20(10-7-18)25(26,27)28)14-32-21-11-8-17-4-2-16(12-23(30)31)3-5-19(17)13-21/h2,4,6-11,13,16H,3,5,12,14H2,1H3,(H,30,31). The normalized spacial score (nSPS) is 15.7. The number of thiazole rings is 1. The van der Waals surface area contributed by atoms with Crippen molar-refractivity contribution in [1.29, 1.82) is 0 Å². The number of aliphatic carboxylic acids is 1. The van der Waals surface area contributed by atoms with Crippen LogP contribution in [0.4, 0.5) is 13.2 Å². The SMILES string of the molecule is Cc1nc(-c2ccc(C(F)(F)F)cc2)sc1COc1ccc2c(c1)CCC(CC(=O)O)C=C2. The minimum Gasteiger partial charge on any atom is -0.488 e. The van der Waals surface area contributed by atoms with Crippen LogP contribution in [-0.2, 0) is 24.0 Å². The first-order valence-electron chi connectivity index (χ1n) is 10.5. The summed E-state index contributed by atoms with van der Waals surface area (Å²) in [5, 5.41) is 9.68. The Labute approximate surface area is 193 Å². The van der Waals surface area contributed by atoms with E-state index in [2.05, 4.69) is 4.98 Å². The van der Waals surface area contributed by atoms with Crippen LogP contribution in [0.15, 0.2) is 48.5 Å². The third-order valence-electron chi connectivity index (χ3n) is 5.61. The van der Waals surface area contributed by atoms with Crippen LogP contribution in [0.1, 0.15) is 40.1 Å². The van der Waals surface area contributed by atoms with Crippen molar-refractivity contribution in [2.24, 2.45) is 5.92 Å². The topological polar surface area (TPSA) is 59.4 Å². The summed E-state index contributed by atoms with van der Waals surface area (Å²) in [6, 6.07) is 10.8. The number of fused-ring (bicyclic) bond motifs is 1. The van der Waals surface area contributed by atoms with Crippen LogP contribution in [0.2, 0.25) is 0 Å². The Morgan fingerprint density at radius 3 is 2.67 bits per heavy atom. The predicted molar refractivity (Wildman–Crippen MR) is 121 cm³/mol. The van der Waals surface area contributed by atoms with Gasteiger partial charge in [-0.15, -0.1) is 11.3 Å². The first-order valence-corrected chi connectivity index (χ1v) is 11.3. The third-order valence-corrected chi connectivity index (χ3v) is 6.79. The number of hydrogen-bond acceptors (Lipinski definition) is 4. The molecular formula is C25H22F3NO3S. The Morgan fingerprint density at radius 1 is 1.21 bits per heavy atom. The summed E-state index contributed by atoms with van der Waals surface area (Å²) in [4.78, 5) is 16.4. The second-order valence-corrected chi connectivity index (χ2v) is 9.09. The van der Waals surface area contributed by atoms with Crippen molar-refractivity contribution in [2.45, 2.75) is 39.0 Å². The van der Waals surface area contributed by atoms with E-state index in [9.17, 15) is 18.0 Å². The molecule has 1 N–H and O–H groups in total. The number of hydrogen-bond donors (Lipinski definition) is 1. The van der Waals surface area contributed by atoms with Gasteiger partial charge in [0.25, 0.3) is 0 Å². The molecule has 2 aromatic carbocycles. The van der Waals surface area contributed by atoms with Crippen LogP contribution < -0.4 is 4.74 Å². The van der Waals surface area contributed by atoms with Crippen molar-refractivity contribution in [3.63, 3.8) is 0 Å². The van der Waals surface area contributed by atoms with Crippen molar-refractivity contribution in [2.75, 3.05) is 0 Å². The molecule has 1 aromatic heterocycles. The van der Waals surface area contributed by atoms with E-state index in [1.807, 2.05) is 37.3 Å². The molecule has 4 nitrogen and oxygen atoms in total. The fourth-order valence-corrected chi connectivity index (χ4v) is 4.74. The Hall–Kier alpha value is -3.13. The van der Waals surface area contributed by atoms with Gasteiger partial charge in [0.2, 0.25) is 0 Å². The van der Waals surface area contributed by atoms with E-state index in [1.165, 1.54) is 23.5 Å². The van der Waals surface area contributed by atoms with Gasteiger partial charge in [0, 0.05) is 5.56 Å². The second kappa shape index (κ2) is 9.39. The number of rotatable bonds is 6. The third kappa shape index (κ3) is 5.63. The Kier molecular flexibility index (Phi) is 6.56. The first-order chi connectivity index (χ1) is 15.7. The molecule has 0 saturated heterocycles. The van der Waals surface area contributed by atoms with Crippen LogP contribution in [0, 0.1) is 12.8 Å². The lowest BCUT2D eigenvalue weighted by Gasteiger charge is -2.10. The molecule has 33 heavy (non-hydrogen) atoms. The summed E-state index contributed by atoms with van der Waals surface area (Å²) >= 11 is 1.40. The maximum atomic E-state index is 12.8. The number of nitrogens with zero attached hydrogens (tertiary/aromatic N) is 1. The molecule has 1 aliphatic carbocycles. The molecule has 0 bridgehead atoms. The zero-order valence-corrected chi connectivity index (χ0v) is 18.7. The maximum Gasteiger partial charge on any atom is 0.416 e. The Bertz CT molecular complexity index is 1180. The molecule has 1 aliphatic rings. The van der Waals surface area contributed by atoms with Crippen LogP contribution in [-0.4, -0.2) is 16.1 Å². The number of carbonyl (C=O) groups is 1. The summed E-state index contributed by atoms with van der Waals surface area (Å²) < 4.78 is 44.4. The lowest BCUT2D eigenvalue weighted by Crippen LogP contribution is -2.05. The number of aromatic nitrogens is 1. The number of allylic oxidation sites excluding steroid dienone is 1. The van der Waals surface area contributed by atoms with Gasteiger partial charge in [-0.1, -0.05) is 30.4 Å². The van der Waals surface area contributed by atoms with Crippen LogP contribution in [0.25, 0.3) is 16.6 Å². The number of carboxylic acid groups (broad SMARTS) is 1. The number of alkyl halides is 3. The molecule has 0 aliphatic heterocycles. The molecule has 1 unspecified atom stereocenters. The highest BCUT2D eigenvalue weighted by Gasteiger charge is 2.30. The number of carboxylic acids is 1. The van der Waals surface area contributed by atoms with E-state index in [4.69, 9.17) is 9.84 Å². The second-order valence-electron chi connectivity index (χ2n) is 8.01. The minimum atomic E-state index is -4.36.